The summed E-state index contributed by atoms with van der Waals surface area (Å²) in [5.41, 5.74) is -3.15. The molecule has 0 aromatic heterocycles. The van der Waals surface area contributed by atoms with Crippen LogP contribution in [0.15, 0.2) is 12.1 Å². The lowest BCUT2D eigenvalue weighted by Crippen LogP contribution is -2.15. The molecule has 9 heteroatoms. The van der Waals surface area contributed by atoms with Crippen LogP contribution in [0.5, 0.6) is 5.75 Å². The number of nitriles is 1. The van der Waals surface area contributed by atoms with E-state index in [9.17, 15) is 26.7 Å². The zero-order valence-corrected chi connectivity index (χ0v) is 9.79. The van der Waals surface area contributed by atoms with Gasteiger partial charge in [0.1, 0.15) is 11.6 Å². The van der Waals surface area contributed by atoms with Crippen LogP contribution in [0.2, 0.25) is 0 Å². The second-order valence-corrected chi connectivity index (χ2v) is 3.34. The van der Waals surface area contributed by atoms with E-state index >= 15 is 0 Å². The van der Waals surface area contributed by atoms with Crippen molar-refractivity contribution in [3.05, 3.63) is 28.8 Å². The van der Waals surface area contributed by atoms with E-state index in [4.69, 9.17) is 5.26 Å². The third kappa shape index (κ3) is 3.14. The molecular weight excluding hydrogens is 289 g/mol. The fraction of sp³-hybridized carbons (Fsp3) is 0.273. The molecule has 0 atom stereocenters. The normalized spacial score (nSPS) is 11.1. The van der Waals surface area contributed by atoms with Crippen molar-refractivity contribution in [3.8, 4) is 11.8 Å². The summed E-state index contributed by atoms with van der Waals surface area (Å²) in [5, 5.41) is 8.80. The number of methoxy groups -OCH3 is 1. The third-order valence-corrected chi connectivity index (χ3v) is 2.19. The molecular formula is C11H6F5NO3. The Hall–Kier alpha value is -2.37. The molecule has 0 bridgehead atoms. The van der Waals surface area contributed by atoms with Crippen LogP contribution in [-0.2, 0) is 10.9 Å². The first-order valence-corrected chi connectivity index (χ1v) is 4.89. The van der Waals surface area contributed by atoms with Crippen molar-refractivity contribution in [2.45, 2.75) is 12.8 Å². The zero-order valence-electron chi connectivity index (χ0n) is 9.79. The topological polar surface area (TPSA) is 59.3 Å². The molecule has 0 heterocycles. The van der Waals surface area contributed by atoms with Gasteiger partial charge in [0, 0.05) is 0 Å². The number of esters is 1. The molecule has 0 saturated carbocycles. The minimum atomic E-state index is -5.02. The maximum atomic E-state index is 12.7. The summed E-state index contributed by atoms with van der Waals surface area (Å²) < 4.78 is 70.4. The Kier molecular flexibility index (Phi) is 4.49. The second-order valence-electron chi connectivity index (χ2n) is 3.34. The van der Waals surface area contributed by atoms with Crippen molar-refractivity contribution in [1.29, 1.82) is 5.26 Å². The number of hydrogen-bond acceptors (Lipinski definition) is 4. The largest absolute Gasteiger partial charge is 0.465 e. The molecule has 1 aromatic carbocycles. The molecule has 0 fully saturated rings. The van der Waals surface area contributed by atoms with Gasteiger partial charge >= 0.3 is 18.8 Å². The van der Waals surface area contributed by atoms with Crippen molar-refractivity contribution in [2.24, 2.45) is 0 Å². The van der Waals surface area contributed by atoms with Gasteiger partial charge in [-0.3, -0.25) is 0 Å². The lowest BCUT2D eigenvalue weighted by molar-refractivity contribution is -0.141. The van der Waals surface area contributed by atoms with E-state index < -0.39 is 41.2 Å². The Bertz CT molecular complexity index is 562. The van der Waals surface area contributed by atoms with Gasteiger partial charge in [0.2, 0.25) is 0 Å². The molecule has 20 heavy (non-hydrogen) atoms. The molecule has 0 aliphatic carbocycles. The van der Waals surface area contributed by atoms with Crippen molar-refractivity contribution >= 4 is 5.97 Å². The number of carbonyl (C=O) groups is 1. The van der Waals surface area contributed by atoms with Gasteiger partial charge in [0.25, 0.3) is 0 Å². The van der Waals surface area contributed by atoms with Gasteiger partial charge in [-0.25, -0.2) is 4.79 Å². The predicted molar refractivity (Wildman–Crippen MR) is 54.1 cm³/mol. The van der Waals surface area contributed by atoms with Crippen LogP contribution in [0.1, 0.15) is 21.5 Å². The molecule has 0 saturated heterocycles. The van der Waals surface area contributed by atoms with Crippen molar-refractivity contribution < 1.29 is 36.2 Å². The van der Waals surface area contributed by atoms with Crippen LogP contribution < -0.4 is 4.74 Å². The highest BCUT2D eigenvalue weighted by Gasteiger charge is 2.38. The van der Waals surface area contributed by atoms with Crippen molar-refractivity contribution in [1.82, 2.24) is 0 Å². The molecule has 0 N–H and O–H groups in total. The number of rotatable bonds is 3. The van der Waals surface area contributed by atoms with Gasteiger partial charge in [-0.15, -0.1) is 0 Å². The summed E-state index contributed by atoms with van der Waals surface area (Å²) in [6.45, 7) is -3.59. The predicted octanol–water partition coefficient (Wildman–Crippen LogP) is 2.97. The van der Waals surface area contributed by atoms with Gasteiger partial charge < -0.3 is 9.47 Å². The highest BCUT2D eigenvalue weighted by Crippen LogP contribution is 2.40. The van der Waals surface area contributed by atoms with E-state index in [2.05, 4.69) is 9.47 Å². The fourth-order valence-corrected chi connectivity index (χ4v) is 1.41. The van der Waals surface area contributed by atoms with E-state index in [1.165, 1.54) is 6.07 Å². The molecule has 0 radical (unpaired) electrons. The number of alkyl halides is 5. The number of halogens is 5. The molecule has 0 aliphatic heterocycles. The van der Waals surface area contributed by atoms with E-state index in [0.717, 1.165) is 7.11 Å². The molecule has 1 aromatic rings. The Balaban J connectivity index is 3.60. The summed E-state index contributed by atoms with van der Waals surface area (Å²) in [6, 6.07) is 2.26. The molecule has 4 nitrogen and oxygen atoms in total. The molecule has 108 valence electrons. The Morgan fingerprint density at radius 1 is 1.35 bits per heavy atom. The van der Waals surface area contributed by atoms with E-state index in [0.29, 0.717) is 12.1 Å². The number of benzene rings is 1. The lowest BCUT2D eigenvalue weighted by Gasteiger charge is -2.16. The second kappa shape index (κ2) is 5.73. The quantitative estimate of drug-likeness (QED) is 0.635. The highest BCUT2D eigenvalue weighted by molar-refractivity contribution is 5.93. The zero-order chi connectivity index (χ0) is 15.5. The van der Waals surface area contributed by atoms with Crippen LogP contribution in [0, 0.1) is 11.3 Å². The first kappa shape index (κ1) is 15.7. The molecule has 1 rings (SSSR count). The Morgan fingerprint density at radius 2 is 1.95 bits per heavy atom. The standard InChI is InChI=1S/C11H6F5NO3/c1-19-9(18)5-2-3-7(11(14,15)16)8(6(5)4-17)20-10(12)13/h2-3,10H,1H3. The Morgan fingerprint density at radius 3 is 2.35 bits per heavy atom. The average Bonchev–Trinajstić information content (AvgIpc) is 2.35. The number of nitrogens with zero attached hydrogens (tertiary/aromatic N) is 1. The van der Waals surface area contributed by atoms with Crippen LogP contribution >= 0.6 is 0 Å². The van der Waals surface area contributed by atoms with Gasteiger partial charge in [-0.1, -0.05) is 0 Å². The van der Waals surface area contributed by atoms with Crippen LogP contribution in [-0.4, -0.2) is 19.7 Å². The monoisotopic (exact) mass is 295 g/mol. The van der Waals surface area contributed by atoms with E-state index in [-0.39, 0.29) is 0 Å². The summed E-state index contributed by atoms with van der Waals surface area (Å²) >= 11 is 0. The van der Waals surface area contributed by atoms with Crippen LogP contribution in [0.4, 0.5) is 22.0 Å². The number of ether oxygens (including phenoxy) is 2. The average molecular weight is 295 g/mol. The fourth-order valence-electron chi connectivity index (χ4n) is 1.41. The van der Waals surface area contributed by atoms with E-state index in [1.54, 1.807) is 0 Å². The number of hydrogen-bond donors (Lipinski definition) is 0. The summed E-state index contributed by atoms with van der Waals surface area (Å²) in [6.07, 6.45) is -5.02. The summed E-state index contributed by atoms with van der Waals surface area (Å²) in [7, 11) is 0.925. The van der Waals surface area contributed by atoms with Gasteiger partial charge in [0.15, 0.2) is 5.75 Å². The van der Waals surface area contributed by atoms with Crippen LogP contribution in [0.3, 0.4) is 0 Å². The summed E-state index contributed by atoms with van der Waals surface area (Å²) in [5.74, 6) is -2.55. The smallest absolute Gasteiger partial charge is 0.420 e. The maximum absolute atomic E-state index is 12.7. The third-order valence-electron chi connectivity index (χ3n) is 2.19. The lowest BCUT2D eigenvalue weighted by atomic mass is 10.0. The molecule has 0 spiro atoms. The van der Waals surface area contributed by atoms with Crippen molar-refractivity contribution in [3.63, 3.8) is 0 Å². The van der Waals surface area contributed by atoms with Crippen LogP contribution in [0.25, 0.3) is 0 Å². The first-order valence-electron chi connectivity index (χ1n) is 4.89. The van der Waals surface area contributed by atoms with E-state index in [1.807, 2.05) is 0 Å². The molecule has 0 aliphatic rings. The first-order chi connectivity index (χ1) is 9.22. The summed E-state index contributed by atoms with van der Waals surface area (Å²) in [4.78, 5) is 11.3. The highest BCUT2D eigenvalue weighted by atomic mass is 19.4. The van der Waals surface area contributed by atoms with Gasteiger partial charge in [-0.2, -0.15) is 27.2 Å². The minimum absolute atomic E-state index is 0.366. The van der Waals surface area contributed by atoms with Gasteiger partial charge in [-0.05, 0) is 12.1 Å². The van der Waals surface area contributed by atoms with Gasteiger partial charge in [0.05, 0.1) is 18.2 Å². The Labute approximate surface area is 109 Å². The minimum Gasteiger partial charge on any atom is -0.465 e. The maximum Gasteiger partial charge on any atom is 0.420 e. The molecule has 0 amide bonds. The SMILES string of the molecule is COC(=O)c1ccc(C(F)(F)F)c(OC(F)F)c1C#N. The number of carbonyl (C=O) groups excluding carboxylic acids is 1. The molecule has 0 unspecified atom stereocenters. The van der Waals surface area contributed by atoms with Crippen molar-refractivity contribution in [2.75, 3.05) is 7.11 Å².